The number of aliphatic hydroxyl groups is 1. The average molecular weight is 255 g/mol. The van der Waals surface area contributed by atoms with Crippen LogP contribution in [0.4, 0.5) is 0 Å². The minimum Gasteiger partial charge on any atom is -0.480 e. The third kappa shape index (κ3) is 2.86. The van der Waals surface area contributed by atoms with Crippen LogP contribution in [0.1, 0.15) is 45.4 Å². The number of carbonyl (C=O) groups is 1. The summed E-state index contributed by atoms with van der Waals surface area (Å²) in [5, 5.41) is 18.6. The number of fused-ring (bicyclic) bond motifs is 1. The van der Waals surface area contributed by atoms with Crippen LogP contribution in [0.15, 0.2) is 0 Å². The number of likely N-dealkylation sites (tertiary alicyclic amines) is 1. The normalized spacial score (nSPS) is 34.9. The predicted octanol–water partition coefficient (Wildman–Crippen LogP) is 1.72. The summed E-state index contributed by atoms with van der Waals surface area (Å²) in [6.45, 7) is 2.85. The number of aliphatic carboxylic acids is 1. The number of nitrogens with zero attached hydrogens (tertiary/aromatic N) is 1. The summed E-state index contributed by atoms with van der Waals surface area (Å²) in [5.41, 5.74) is 0. The third-order valence-electron chi connectivity index (χ3n) is 4.63. The minimum absolute atomic E-state index is 0.139. The van der Waals surface area contributed by atoms with Crippen molar-refractivity contribution < 1.29 is 15.0 Å². The minimum atomic E-state index is -0.691. The summed E-state index contributed by atoms with van der Waals surface area (Å²) in [6.07, 6.45) is 6.73. The quantitative estimate of drug-likeness (QED) is 0.803. The van der Waals surface area contributed by atoms with E-state index in [1.807, 2.05) is 6.92 Å². The number of piperidine rings is 1. The molecule has 18 heavy (non-hydrogen) atoms. The van der Waals surface area contributed by atoms with Crippen molar-refractivity contribution in [1.29, 1.82) is 0 Å². The molecule has 0 aromatic carbocycles. The Morgan fingerprint density at radius 3 is 2.67 bits per heavy atom. The van der Waals surface area contributed by atoms with Crippen LogP contribution in [-0.2, 0) is 4.79 Å². The van der Waals surface area contributed by atoms with Crippen LogP contribution in [-0.4, -0.2) is 46.3 Å². The van der Waals surface area contributed by atoms with E-state index in [-0.39, 0.29) is 18.6 Å². The van der Waals surface area contributed by atoms with Gasteiger partial charge in [-0.15, -0.1) is 0 Å². The Morgan fingerprint density at radius 2 is 2.00 bits per heavy atom. The van der Waals surface area contributed by atoms with Gasteiger partial charge in [-0.25, -0.2) is 0 Å². The Bertz CT molecular complexity index is 295. The first-order chi connectivity index (χ1) is 8.63. The Balaban J connectivity index is 2.11. The van der Waals surface area contributed by atoms with Crippen molar-refractivity contribution in [3.05, 3.63) is 0 Å². The second-order valence-corrected chi connectivity index (χ2v) is 6.03. The van der Waals surface area contributed by atoms with Gasteiger partial charge in [-0.3, -0.25) is 9.69 Å². The van der Waals surface area contributed by atoms with Crippen LogP contribution in [0.2, 0.25) is 0 Å². The number of hydrogen-bond acceptors (Lipinski definition) is 3. The summed E-state index contributed by atoms with van der Waals surface area (Å²) >= 11 is 0. The Morgan fingerprint density at radius 1 is 1.28 bits per heavy atom. The first-order valence-electron chi connectivity index (χ1n) is 7.23. The second kappa shape index (κ2) is 6.02. The van der Waals surface area contributed by atoms with Crippen molar-refractivity contribution in [3.8, 4) is 0 Å². The lowest BCUT2D eigenvalue weighted by atomic mass is 9.76. The summed E-state index contributed by atoms with van der Waals surface area (Å²) in [5.74, 6) is 0.150. The molecule has 0 aromatic rings. The monoisotopic (exact) mass is 255 g/mol. The fourth-order valence-electron chi connectivity index (χ4n) is 3.68. The molecule has 4 nitrogen and oxygen atoms in total. The maximum absolute atomic E-state index is 11.4. The highest BCUT2D eigenvalue weighted by Crippen LogP contribution is 2.38. The van der Waals surface area contributed by atoms with Gasteiger partial charge in [0.05, 0.1) is 0 Å². The third-order valence-corrected chi connectivity index (χ3v) is 4.63. The highest BCUT2D eigenvalue weighted by molar-refractivity contribution is 5.73. The maximum atomic E-state index is 11.4. The van der Waals surface area contributed by atoms with Gasteiger partial charge in [0.2, 0.25) is 0 Å². The van der Waals surface area contributed by atoms with Gasteiger partial charge in [-0.05, 0) is 37.5 Å². The maximum Gasteiger partial charge on any atom is 0.320 e. The van der Waals surface area contributed by atoms with E-state index in [9.17, 15) is 15.0 Å². The molecule has 0 bridgehead atoms. The lowest BCUT2D eigenvalue weighted by Gasteiger charge is -2.48. The molecule has 2 rings (SSSR count). The van der Waals surface area contributed by atoms with Crippen LogP contribution in [0.3, 0.4) is 0 Å². The van der Waals surface area contributed by atoms with Gasteiger partial charge < -0.3 is 10.2 Å². The molecule has 0 spiro atoms. The van der Waals surface area contributed by atoms with E-state index in [0.717, 1.165) is 19.3 Å². The number of hydrogen-bond donors (Lipinski definition) is 2. The first-order valence-corrected chi connectivity index (χ1v) is 7.23. The molecule has 1 heterocycles. The topological polar surface area (TPSA) is 60.8 Å². The summed E-state index contributed by atoms with van der Waals surface area (Å²) in [4.78, 5) is 13.6. The summed E-state index contributed by atoms with van der Waals surface area (Å²) < 4.78 is 0. The smallest absolute Gasteiger partial charge is 0.320 e. The average Bonchev–Trinajstić information content (AvgIpc) is 2.38. The summed E-state index contributed by atoms with van der Waals surface area (Å²) in [7, 11) is 0. The molecule has 2 aliphatic rings. The standard InChI is InChI=1S/C14H25NO3/c1-10(9-16)8-15-12-5-3-2-4-11(12)6-7-13(15)14(17)18/h10-13,16H,2-9H2,1H3,(H,17,18). The molecule has 0 aromatic heterocycles. The SMILES string of the molecule is CC(CO)CN1C(C(=O)O)CCC2CCCCC21. The van der Waals surface area contributed by atoms with Gasteiger partial charge in [0.1, 0.15) is 6.04 Å². The molecule has 1 aliphatic heterocycles. The highest BCUT2D eigenvalue weighted by atomic mass is 16.4. The van der Waals surface area contributed by atoms with Gasteiger partial charge in [-0.1, -0.05) is 19.8 Å². The number of aliphatic hydroxyl groups excluding tert-OH is 1. The molecule has 2 fully saturated rings. The molecule has 1 saturated heterocycles. The number of rotatable bonds is 4. The fourth-order valence-corrected chi connectivity index (χ4v) is 3.68. The molecule has 0 amide bonds. The van der Waals surface area contributed by atoms with Crippen molar-refractivity contribution >= 4 is 5.97 Å². The van der Waals surface area contributed by atoms with Crippen LogP contribution in [0.25, 0.3) is 0 Å². The largest absolute Gasteiger partial charge is 0.480 e. The zero-order valence-electron chi connectivity index (χ0n) is 11.2. The van der Waals surface area contributed by atoms with Crippen molar-refractivity contribution in [3.63, 3.8) is 0 Å². The molecule has 104 valence electrons. The lowest BCUT2D eigenvalue weighted by molar-refractivity contribution is -0.148. The van der Waals surface area contributed by atoms with Gasteiger partial charge in [0, 0.05) is 19.2 Å². The van der Waals surface area contributed by atoms with Gasteiger partial charge in [0.25, 0.3) is 0 Å². The molecule has 1 saturated carbocycles. The van der Waals surface area contributed by atoms with E-state index in [4.69, 9.17) is 0 Å². The van der Waals surface area contributed by atoms with Gasteiger partial charge in [0.15, 0.2) is 0 Å². The lowest BCUT2D eigenvalue weighted by Crippen LogP contribution is -2.56. The molecule has 0 radical (unpaired) electrons. The Kier molecular flexibility index (Phi) is 4.62. The number of carboxylic acids is 1. The zero-order valence-corrected chi connectivity index (χ0v) is 11.2. The molecular weight excluding hydrogens is 230 g/mol. The summed E-state index contributed by atoms with van der Waals surface area (Å²) in [6, 6.07) is 0.0981. The highest BCUT2D eigenvalue weighted by Gasteiger charge is 2.41. The van der Waals surface area contributed by atoms with Crippen molar-refractivity contribution in [2.75, 3.05) is 13.2 Å². The van der Waals surface area contributed by atoms with E-state index in [1.165, 1.54) is 19.3 Å². The van der Waals surface area contributed by atoms with Crippen molar-refractivity contribution in [2.24, 2.45) is 11.8 Å². The predicted molar refractivity (Wildman–Crippen MR) is 69.4 cm³/mol. The first kappa shape index (κ1) is 13.8. The van der Waals surface area contributed by atoms with Crippen LogP contribution in [0, 0.1) is 11.8 Å². The van der Waals surface area contributed by atoms with Crippen molar-refractivity contribution in [1.82, 2.24) is 4.90 Å². The Labute approximate surface area is 109 Å². The van der Waals surface area contributed by atoms with E-state index >= 15 is 0 Å². The van der Waals surface area contributed by atoms with E-state index in [2.05, 4.69) is 4.90 Å². The van der Waals surface area contributed by atoms with E-state index < -0.39 is 5.97 Å². The Hall–Kier alpha value is -0.610. The van der Waals surface area contributed by atoms with E-state index in [0.29, 0.717) is 18.5 Å². The van der Waals surface area contributed by atoms with Crippen LogP contribution in [0.5, 0.6) is 0 Å². The zero-order chi connectivity index (χ0) is 13.1. The molecular formula is C14H25NO3. The molecule has 2 N–H and O–H groups in total. The molecule has 4 atom stereocenters. The fraction of sp³-hybridized carbons (Fsp3) is 0.929. The number of carboxylic acid groups (broad SMARTS) is 1. The van der Waals surface area contributed by atoms with Crippen molar-refractivity contribution in [2.45, 2.75) is 57.5 Å². The van der Waals surface area contributed by atoms with E-state index in [1.54, 1.807) is 0 Å². The van der Waals surface area contributed by atoms with Gasteiger partial charge in [-0.2, -0.15) is 0 Å². The van der Waals surface area contributed by atoms with Gasteiger partial charge >= 0.3 is 5.97 Å². The van der Waals surface area contributed by atoms with Crippen LogP contribution < -0.4 is 0 Å². The molecule has 4 unspecified atom stereocenters. The molecule has 4 heteroatoms. The second-order valence-electron chi connectivity index (χ2n) is 6.03. The molecule has 1 aliphatic carbocycles. The van der Waals surface area contributed by atoms with Crippen LogP contribution >= 0.6 is 0 Å².